The van der Waals surface area contributed by atoms with Gasteiger partial charge in [0.25, 0.3) is 0 Å². The molecule has 0 amide bonds. The molecule has 1 saturated heterocycles. The number of nitrogens with one attached hydrogen (secondary N) is 2. The van der Waals surface area contributed by atoms with Crippen LogP contribution in [0.1, 0.15) is 26.2 Å². The smallest absolute Gasteiger partial charge is 0.332 e. The van der Waals surface area contributed by atoms with Gasteiger partial charge >= 0.3 is 5.97 Å². The van der Waals surface area contributed by atoms with Gasteiger partial charge in [-0.3, -0.25) is 0 Å². The predicted octanol–water partition coefficient (Wildman–Crippen LogP) is 1.60. The summed E-state index contributed by atoms with van der Waals surface area (Å²) in [6.07, 6.45) is 12.8. The Morgan fingerprint density at radius 1 is 1.60 bits per heavy atom. The van der Waals surface area contributed by atoms with Crippen molar-refractivity contribution in [3.63, 3.8) is 0 Å². The quantitative estimate of drug-likeness (QED) is 0.439. The summed E-state index contributed by atoms with van der Waals surface area (Å²) in [5, 5.41) is 6.66. The van der Waals surface area contributed by atoms with Crippen LogP contribution in [0.3, 0.4) is 0 Å². The molecular weight excluding hydrogens is 252 g/mol. The largest absolute Gasteiger partial charge is 0.464 e. The highest BCUT2D eigenvalue weighted by Gasteiger charge is 2.60. The molecule has 1 aliphatic carbocycles. The minimum Gasteiger partial charge on any atom is -0.464 e. The minimum atomic E-state index is -0.612. The van der Waals surface area contributed by atoms with Crippen LogP contribution < -0.4 is 10.6 Å². The van der Waals surface area contributed by atoms with Gasteiger partial charge in [-0.25, -0.2) is 4.79 Å². The maximum absolute atomic E-state index is 12.1. The molecule has 0 aromatic carbocycles. The summed E-state index contributed by atoms with van der Waals surface area (Å²) in [5.41, 5.74) is 0.281. The Hall–Kier alpha value is -1.73. The zero-order chi connectivity index (χ0) is 15.2. The molecule has 2 unspecified atom stereocenters. The number of hydrogen-bond acceptors (Lipinski definition) is 4. The summed E-state index contributed by atoms with van der Waals surface area (Å²) in [7, 11) is 0. The molecule has 2 N–H and O–H groups in total. The first-order valence-corrected chi connectivity index (χ1v) is 6.97. The maximum atomic E-state index is 12.1. The van der Waals surface area contributed by atoms with Crippen LogP contribution in [0.4, 0.5) is 0 Å². The Morgan fingerprint density at radius 3 is 2.75 bits per heavy atom. The highest BCUT2D eigenvalue weighted by Crippen LogP contribution is 2.46. The molecule has 1 heterocycles. The van der Waals surface area contributed by atoms with E-state index in [9.17, 15) is 4.79 Å². The molecule has 0 spiro atoms. The Morgan fingerprint density at radius 2 is 2.30 bits per heavy atom. The molecule has 0 aromatic rings. The van der Waals surface area contributed by atoms with Crippen molar-refractivity contribution in [1.82, 2.24) is 10.6 Å². The van der Waals surface area contributed by atoms with E-state index in [1.54, 1.807) is 0 Å². The Labute approximate surface area is 121 Å². The second kappa shape index (κ2) is 7.16. The van der Waals surface area contributed by atoms with Crippen LogP contribution in [0.25, 0.3) is 0 Å². The van der Waals surface area contributed by atoms with E-state index in [1.165, 1.54) is 0 Å². The van der Waals surface area contributed by atoms with Gasteiger partial charge in [0.1, 0.15) is 5.54 Å². The summed E-state index contributed by atoms with van der Waals surface area (Å²) in [6, 6.07) is 0.266. The van der Waals surface area contributed by atoms with Crippen molar-refractivity contribution in [2.24, 2.45) is 5.92 Å². The molecule has 4 heteroatoms. The summed E-state index contributed by atoms with van der Waals surface area (Å²) >= 11 is 0. The maximum Gasteiger partial charge on any atom is 0.332 e. The van der Waals surface area contributed by atoms with Crippen molar-refractivity contribution < 1.29 is 9.53 Å². The normalized spacial score (nSPS) is 30.6. The van der Waals surface area contributed by atoms with E-state index in [2.05, 4.69) is 36.6 Å². The Bertz CT molecular complexity index is 397. The first-order chi connectivity index (χ1) is 9.64. The lowest BCUT2D eigenvalue weighted by Gasteiger charge is -2.23. The molecule has 0 aromatic heterocycles. The van der Waals surface area contributed by atoms with Crippen molar-refractivity contribution >= 4 is 5.97 Å². The van der Waals surface area contributed by atoms with Gasteiger partial charge in [0.2, 0.25) is 0 Å². The van der Waals surface area contributed by atoms with E-state index in [-0.39, 0.29) is 17.9 Å². The van der Waals surface area contributed by atoms with Gasteiger partial charge in [0.15, 0.2) is 0 Å². The number of carbonyl (C=O) groups excluding carboxylic acids is 1. The lowest BCUT2D eigenvalue weighted by Crippen LogP contribution is -2.45. The number of esters is 1. The van der Waals surface area contributed by atoms with Crippen molar-refractivity contribution in [3.05, 3.63) is 24.9 Å². The molecule has 4 nitrogen and oxygen atoms in total. The van der Waals surface area contributed by atoms with E-state index in [0.717, 1.165) is 31.5 Å². The molecule has 0 radical (unpaired) electrons. The van der Waals surface area contributed by atoms with Crippen LogP contribution in [0.5, 0.6) is 0 Å². The molecule has 2 rings (SSSR count). The fourth-order valence-corrected chi connectivity index (χ4v) is 2.62. The van der Waals surface area contributed by atoms with Crippen LogP contribution in [0, 0.1) is 18.8 Å². The van der Waals surface area contributed by atoms with Gasteiger partial charge in [-0.15, -0.1) is 19.4 Å². The monoisotopic (exact) mass is 276 g/mol. The van der Waals surface area contributed by atoms with Crippen LogP contribution in [0.15, 0.2) is 24.9 Å². The lowest BCUT2D eigenvalue weighted by molar-refractivity contribution is -0.147. The van der Waals surface area contributed by atoms with Gasteiger partial charge < -0.3 is 15.4 Å². The van der Waals surface area contributed by atoms with E-state index in [1.807, 2.05) is 13.0 Å². The summed E-state index contributed by atoms with van der Waals surface area (Å²) < 4.78 is 5.15. The van der Waals surface area contributed by atoms with E-state index in [0.29, 0.717) is 6.61 Å². The molecule has 1 saturated carbocycles. The zero-order valence-corrected chi connectivity index (χ0v) is 12.2. The zero-order valence-electron chi connectivity index (χ0n) is 12.2. The second-order valence-corrected chi connectivity index (χ2v) is 5.04. The number of carbonyl (C=O) groups is 1. The number of rotatable bonds is 6. The van der Waals surface area contributed by atoms with E-state index < -0.39 is 5.54 Å². The third kappa shape index (κ3) is 3.23. The Kier molecular flexibility index (Phi) is 5.84. The third-order valence-electron chi connectivity index (χ3n) is 3.80. The van der Waals surface area contributed by atoms with Crippen LogP contribution in [0.2, 0.25) is 0 Å². The average Bonchev–Trinajstić information content (AvgIpc) is 2.91. The first-order valence-electron chi connectivity index (χ1n) is 6.97. The standard InChI is InChI=1S/C14H22N2O2.C2H2/c1-4-11-9-14(11,13(17)18-5-2)16-10(3)12-7-6-8-15-12;1-2/h4,11-12,15-16H,1,3,5-9H2,2H3;1-2H/t11?,12-,14?;/m0./s1. The van der Waals surface area contributed by atoms with Crippen molar-refractivity contribution in [2.45, 2.75) is 37.8 Å². The number of terminal acetylenes is 1. The average molecular weight is 276 g/mol. The van der Waals surface area contributed by atoms with Crippen LogP contribution in [-0.4, -0.2) is 30.7 Å². The summed E-state index contributed by atoms with van der Waals surface area (Å²) in [4.78, 5) is 12.1. The second-order valence-electron chi connectivity index (χ2n) is 5.04. The summed E-state index contributed by atoms with van der Waals surface area (Å²) in [6.45, 7) is 11.1. The van der Waals surface area contributed by atoms with Crippen molar-refractivity contribution in [3.8, 4) is 12.8 Å². The van der Waals surface area contributed by atoms with Gasteiger partial charge in [-0.1, -0.05) is 12.7 Å². The molecule has 2 fully saturated rings. The summed E-state index contributed by atoms with van der Waals surface area (Å²) in [5.74, 6) is -0.0382. The number of ether oxygens (including phenoxy) is 1. The highest BCUT2D eigenvalue weighted by atomic mass is 16.5. The van der Waals surface area contributed by atoms with Gasteiger partial charge in [-0.2, -0.15) is 0 Å². The molecule has 1 aliphatic heterocycles. The van der Waals surface area contributed by atoms with Crippen LogP contribution >= 0.6 is 0 Å². The van der Waals surface area contributed by atoms with Gasteiger partial charge in [0.05, 0.1) is 6.61 Å². The first kappa shape index (κ1) is 16.3. The van der Waals surface area contributed by atoms with E-state index in [4.69, 9.17) is 4.74 Å². The lowest BCUT2D eigenvalue weighted by atomic mass is 10.1. The van der Waals surface area contributed by atoms with Crippen LogP contribution in [-0.2, 0) is 9.53 Å². The molecule has 3 atom stereocenters. The fraction of sp³-hybridized carbons (Fsp3) is 0.562. The topological polar surface area (TPSA) is 50.4 Å². The Balaban J connectivity index is 0.000000956. The SMILES string of the molecule is C#C.C=CC1CC1(NC(=C)[C@@H]1CCCN1)C(=O)OCC. The predicted molar refractivity (Wildman–Crippen MR) is 80.9 cm³/mol. The molecule has 110 valence electrons. The molecule has 0 bridgehead atoms. The van der Waals surface area contributed by atoms with Crippen molar-refractivity contribution in [2.75, 3.05) is 13.2 Å². The van der Waals surface area contributed by atoms with E-state index >= 15 is 0 Å². The third-order valence-corrected chi connectivity index (χ3v) is 3.80. The molecule has 2 aliphatic rings. The minimum absolute atomic E-state index is 0.148. The van der Waals surface area contributed by atoms with Gasteiger partial charge in [0, 0.05) is 17.7 Å². The van der Waals surface area contributed by atoms with Crippen molar-refractivity contribution in [1.29, 1.82) is 0 Å². The fourth-order valence-electron chi connectivity index (χ4n) is 2.62. The molecular formula is C16H24N2O2. The van der Waals surface area contributed by atoms with Gasteiger partial charge in [-0.05, 0) is 32.7 Å². The highest BCUT2D eigenvalue weighted by molar-refractivity contribution is 5.86. The number of hydrogen-bond donors (Lipinski definition) is 2. The molecule has 20 heavy (non-hydrogen) atoms.